The maximum Gasteiger partial charge on any atom is 0.192 e. The minimum atomic E-state index is 0.267. The smallest absolute Gasteiger partial charge is 0.192 e. The highest BCUT2D eigenvalue weighted by atomic mass is 15.3. The minimum absolute atomic E-state index is 0.267. The molecule has 2 aromatic heterocycles. The van der Waals surface area contributed by atoms with Crippen molar-refractivity contribution in [2.45, 2.75) is 6.92 Å². The van der Waals surface area contributed by atoms with E-state index in [1.807, 2.05) is 25.1 Å². The van der Waals surface area contributed by atoms with Gasteiger partial charge in [-0.15, -0.1) is 5.10 Å². The number of rotatable bonds is 1. The van der Waals surface area contributed by atoms with Crippen molar-refractivity contribution in [3.63, 3.8) is 0 Å². The summed E-state index contributed by atoms with van der Waals surface area (Å²) in [6.07, 6.45) is 1.68. The van der Waals surface area contributed by atoms with Crippen LogP contribution in [-0.4, -0.2) is 20.4 Å². The van der Waals surface area contributed by atoms with Crippen molar-refractivity contribution < 1.29 is 0 Å². The molecule has 2 rings (SSSR count). The van der Waals surface area contributed by atoms with E-state index < -0.39 is 0 Å². The fraction of sp³-hybridized carbons (Fsp3) is 0.111. The van der Waals surface area contributed by atoms with Gasteiger partial charge in [0.15, 0.2) is 5.69 Å². The molecule has 0 spiro atoms. The first-order valence-electron chi connectivity index (χ1n) is 4.05. The standard InChI is InChI=1S/C9H7N5/c1-6-2-3-11-7(4-6)9-8(5-10)12-14-13-9/h2-4H,1H3,(H,12,13,14). The van der Waals surface area contributed by atoms with Crippen molar-refractivity contribution in [3.8, 4) is 17.5 Å². The largest absolute Gasteiger partial charge is 0.254 e. The van der Waals surface area contributed by atoms with E-state index in [0.29, 0.717) is 11.4 Å². The van der Waals surface area contributed by atoms with Gasteiger partial charge in [-0.25, -0.2) is 0 Å². The molecule has 2 aromatic rings. The molecule has 0 aliphatic carbocycles. The van der Waals surface area contributed by atoms with Gasteiger partial charge >= 0.3 is 0 Å². The molecule has 0 fully saturated rings. The van der Waals surface area contributed by atoms with Crippen LogP contribution in [-0.2, 0) is 0 Å². The molecule has 0 aromatic carbocycles. The fourth-order valence-corrected chi connectivity index (χ4v) is 1.15. The van der Waals surface area contributed by atoms with Crippen molar-refractivity contribution in [1.82, 2.24) is 20.4 Å². The third-order valence-electron chi connectivity index (χ3n) is 1.81. The van der Waals surface area contributed by atoms with Crippen LogP contribution in [0.25, 0.3) is 11.4 Å². The molecule has 0 radical (unpaired) electrons. The summed E-state index contributed by atoms with van der Waals surface area (Å²) in [7, 11) is 0. The third-order valence-corrected chi connectivity index (χ3v) is 1.81. The molecule has 14 heavy (non-hydrogen) atoms. The maximum absolute atomic E-state index is 8.74. The highest BCUT2D eigenvalue weighted by Gasteiger charge is 2.10. The number of nitriles is 1. The Morgan fingerprint density at radius 1 is 1.43 bits per heavy atom. The van der Waals surface area contributed by atoms with Gasteiger partial charge in [-0.3, -0.25) is 4.98 Å². The van der Waals surface area contributed by atoms with E-state index in [2.05, 4.69) is 20.4 Å². The van der Waals surface area contributed by atoms with Gasteiger partial charge in [0.05, 0.1) is 5.69 Å². The number of aryl methyl sites for hydroxylation is 1. The van der Waals surface area contributed by atoms with E-state index in [1.54, 1.807) is 6.20 Å². The van der Waals surface area contributed by atoms with Crippen LogP contribution >= 0.6 is 0 Å². The van der Waals surface area contributed by atoms with Gasteiger partial charge in [0.25, 0.3) is 0 Å². The number of H-pyrrole nitrogens is 1. The summed E-state index contributed by atoms with van der Waals surface area (Å²) in [6.45, 7) is 1.96. The lowest BCUT2D eigenvalue weighted by atomic mass is 10.2. The molecule has 0 unspecified atom stereocenters. The van der Waals surface area contributed by atoms with Crippen molar-refractivity contribution in [1.29, 1.82) is 5.26 Å². The molecular weight excluding hydrogens is 178 g/mol. The predicted octanol–water partition coefficient (Wildman–Crippen LogP) is 1.05. The van der Waals surface area contributed by atoms with Gasteiger partial charge < -0.3 is 0 Å². The van der Waals surface area contributed by atoms with Gasteiger partial charge in [0.2, 0.25) is 0 Å². The van der Waals surface area contributed by atoms with Gasteiger partial charge in [0, 0.05) is 6.20 Å². The van der Waals surface area contributed by atoms with Crippen LogP contribution in [0.3, 0.4) is 0 Å². The Morgan fingerprint density at radius 2 is 2.29 bits per heavy atom. The van der Waals surface area contributed by atoms with Crippen LogP contribution in [0.4, 0.5) is 0 Å². The lowest BCUT2D eigenvalue weighted by molar-refractivity contribution is 0.936. The zero-order valence-electron chi connectivity index (χ0n) is 7.52. The summed E-state index contributed by atoms with van der Waals surface area (Å²) in [6, 6.07) is 5.69. The second kappa shape index (κ2) is 3.26. The molecule has 2 heterocycles. The van der Waals surface area contributed by atoms with E-state index in [-0.39, 0.29) is 5.69 Å². The highest BCUT2D eigenvalue weighted by molar-refractivity contribution is 5.60. The number of hydrogen-bond acceptors (Lipinski definition) is 4. The number of hydrogen-bond donors (Lipinski definition) is 1. The third kappa shape index (κ3) is 1.33. The Hall–Kier alpha value is -2.22. The Bertz CT molecular complexity index is 494. The summed E-state index contributed by atoms with van der Waals surface area (Å²) in [5, 5.41) is 18.7. The first kappa shape index (κ1) is 8.38. The van der Waals surface area contributed by atoms with Crippen molar-refractivity contribution in [3.05, 3.63) is 29.6 Å². The minimum Gasteiger partial charge on any atom is -0.254 e. The Morgan fingerprint density at radius 3 is 3.00 bits per heavy atom. The molecular formula is C9H7N5. The fourth-order valence-electron chi connectivity index (χ4n) is 1.15. The number of nitrogens with zero attached hydrogens (tertiary/aromatic N) is 4. The van der Waals surface area contributed by atoms with Gasteiger partial charge in [-0.2, -0.15) is 15.6 Å². The number of aromatic amines is 1. The average Bonchev–Trinajstić information content (AvgIpc) is 2.65. The molecule has 5 nitrogen and oxygen atoms in total. The number of aromatic nitrogens is 4. The van der Waals surface area contributed by atoms with Gasteiger partial charge in [-0.05, 0) is 24.6 Å². The van der Waals surface area contributed by atoms with E-state index in [1.165, 1.54) is 0 Å². The van der Waals surface area contributed by atoms with Crippen molar-refractivity contribution in [2.24, 2.45) is 0 Å². The molecule has 0 atom stereocenters. The first-order valence-corrected chi connectivity index (χ1v) is 4.05. The quantitative estimate of drug-likeness (QED) is 0.720. The number of nitrogens with one attached hydrogen (secondary N) is 1. The van der Waals surface area contributed by atoms with Crippen LogP contribution in [0.2, 0.25) is 0 Å². The molecule has 0 bridgehead atoms. The maximum atomic E-state index is 8.74. The zero-order valence-corrected chi connectivity index (χ0v) is 7.52. The second-order valence-corrected chi connectivity index (χ2v) is 2.85. The van der Waals surface area contributed by atoms with E-state index >= 15 is 0 Å². The summed E-state index contributed by atoms with van der Waals surface area (Å²) in [5.74, 6) is 0. The molecule has 68 valence electrons. The van der Waals surface area contributed by atoms with Gasteiger partial charge in [0.1, 0.15) is 11.8 Å². The SMILES string of the molecule is Cc1ccnc(-c2n[nH]nc2C#N)c1. The topological polar surface area (TPSA) is 78.2 Å². The molecule has 1 N–H and O–H groups in total. The molecule has 0 aliphatic heterocycles. The Balaban J connectivity index is 2.56. The molecule has 5 heteroatoms. The van der Waals surface area contributed by atoms with Crippen LogP contribution in [0.15, 0.2) is 18.3 Å². The lowest BCUT2D eigenvalue weighted by Crippen LogP contribution is -1.87. The first-order chi connectivity index (χ1) is 6.81. The summed E-state index contributed by atoms with van der Waals surface area (Å²) in [4.78, 5) is 4.12. The summed E-state index contributed by atoms with van der Waals surface area (Å²) in [5.41, 5.74) is 2.50. The Kier molecular flexibility index (Phi) is 1.95. The average molecular weight is 185 g/mol. The van der Waals surface area contributed by atoms with E-state index in [9.17, 15) is 0 Å². The Labute approximate surface area is 80.4 Å². The lowest BCUT2D eigenvalue weighted by Gasteiger charge is -1.96. The molecule has 0 aliphatic rings. The van der Waals surface area contributed by atoms with E-state index in [4.69, 9.17) is 5.26 Å². The van der Waals surface area contributed by atoms with Crippen molar-refractivity contribution in [2.75, 3.05) is 0 Å². The predicted molar refractivity (Wildman–Crippen MR) is 49.1 cm³/mol. The van der Waals surface area contributed by atoms with Crippen LogP contribution in [0.1, 0.15) is 11.3 Å². The monoisotopic (exact) mass is 185 g/mol. The normalized spacial score (nSPS) is 9.71. The van der Waals surface area contributed by atoms with E-state index in [0.717, 1.165) is 5.56 Å². The zero-order chi connectivity index (χ0) is 9.97. The van der Waals surface area contributed by atoms with Gasteiger partial charge in [-0.1, -0.05) is 0 Å². The van der Waals surface area contributed by atoms with Crippen LogP contribution in [0.5, 0.6) is 0 Å². The summed E-state index contributed by atoms with van der Waals surface area (Å²) >= 11 is 0. The highest BCUT2D eigenvalue weighted by Crippen LogP contribution is 2.16. The molecule has 0 saturated carbocycles. The van der Waals surface area contributed by atoms with Crippen molar-refractivity contribution >= 4 is 0 Å². The summed E-state index contributed by atoms with van der Waals surface area (Å²) < 4.78 is 0. The van der Waals surface area contributed by atoms with Crippen LogP contribution in [0, 0.1) is 18.3 Å². The second-order valence-electron chi connectivity index (χ2n) is 2.85. The molecule has 0 amide bonds. The molecule has 0 saturated heterocycles. The van der Waals surface area contributed by atoms with Crippen LogP contribution < -0.4 is 0 Å². The number of pyridine rings is 1.